The molecule has 0 unspecified atom stereocenters. The van der Waals surface area contributed by atoms with Crippen molar-refractivity contribution in [3.63, 3.8) is 0 Å². The van der Waals surface area contributed by atoms with Gasteiger partial charge in [-0.1, -0.05) is 19.1 Å². The molecule has 2 aromatic rings. The molecule has 6 heteroatoms. The van der Waals surface area contributed by atoms with Gasteiger partial charge >= 0.3 is 0 Å². The van der Waals surface area contributed by atoms with Crippen molar-refractivity contribution >= 4 is 23.3 Å². The largest absolute Gasteiger partial charge is 0.483 e. The summed E-state index contributed by atoms with van der Waals surface area (Å²) >= 11 is 0. The van der Waals surface area contributed by atoms with Crippen LogP contribution in [-0.4, -0.2) is 24.2 Å². The number of para-hydroxylation sites is 2. The quantitative estimate of drug-likeness (QED) is 0.567. The molecule has 1 heterocycles. The topological polar surface area (TPSA) is 63.7 Å². The Balaban J connectivity index is 1.54. The fourth-order valence-corrected chi connectivity index (χ4v) is 4.25. The lowest BCUT2D eigenvalue weighted by molar-refractivity contribution is -0.122. The fourth-order valence-electron chi connectivity index (χ4n) is 4.25. The van der Waals surface area contributed by atoms with E-state index in [1.165, 1.54) is 29.2 Å². The molecule has 0 spiro atoms. The molecule has 2 aliphatic rings. The van der Waals surface area contributed by atoms with Crippen LogP contribution in [0.3, 0.4) is 0 Å². The number of fused-ring (bicyclic) bond motifs is 1. The molecule has 0 N–H and O–H groups in total. The normalized spacial score (nSPS) is 23.8. The number of carbonyl (C=O) groups excluding carboxylic acids is 3. The molecule has 1 aliphatic heterocycles. The zero-order chi connectivity index (χ0) is 20.5. The molecule has 2 fully saturated rings. The lowest BCUT2D eigenvalue weighted by Gasteiger charge is -2.25. The summed E-state index contributed by atoms with van der Waals surface area (Å²) in [5.41, 5.74) is 0.702. The summed E-state index contributed by atoms with van der Waals surface area (Å²) in [6, 6.07) is 12.0. The summed E-state index contributed by atoms with van der Waals surface area (Å²) in [6.45, 7) is 1.83. The molecule has 5 nitrogen and oxygen atoms in total. The number of Topliss-reactive ketones (excluding diaryl/α,β-unsaturated/α-hetero) is 1. The Hall–Kier alpha value is -3.02. The van der Waals surface area contributed by atoms with E-state index in [1.807, 2.05) is 0 Å². The van der Waals surface area contributed by atoms with Crippen LogP contribution in [0.25, 0.3) is 0 Å². The van der Waals surface area contributed by atoms with E-state index >= 15 is 0 Å². The van der Waals surface area contributed by atoms with Gasteiger partial charge in [0.15, 0.2) is 12.4 Å². The minimum Gasteiger partial charge on any atom is -0.483 e. The maximum Gasteiger partial charge on any atom is 0.237 e. The number of halogens is 1. The zero-order valence-corrected chi connectivity index (χ0v) is 16.1. The van der Waals surface area contributed by atoms with Crippen LogP contribution in [0.15, 0.2) is 48.5 Å². The highest BCUT2D eigenvalue weighted by Crippen LogP contribution is 2.44. The number of amides is 2. The maximum absolute atomic E-state index is 13.0. The van der Waals surface area contributed by atoms with Crippen molar-refractivity contribution in [3.8, 4) is 5.75 Å². The third kappa shape index (κ3) is 3.67. The zero-order valence-electron chi connectivity index (χ0n) is 16.1. The smallest absolute Gasteiger partial charge is 0.237 e. The van der Waals surface area contributed by atoms with Gasteiger partial charge in [-0.2, -0.15) is 0 Å². The van der Waals surface area contributed by atoms with Crippen molar-refractivity contribution in [1.82, 2.24) is 0 Å². The number of hydrogen-bond acceptors (Lipinski definition) is 4. The van der Waals surface area contributed by atoms with Crippen LogP contribution in [0.2, 0.25) is 0 Å². The molecule has 0 bridgehead atoms. The van der Waals surface area contributed by atoms with Gasteiger partial charge in [0.1, 0.15) is 11.6 Å². The first kappa shape index (κ1) is 19.3. The molecule has 29 heavy (non-hydrogen) atoms. The molecular formula is C23H22FNO4. The van der Waals surface area contributed by atoms with Gasteiger partial charge in [-0.15, -0.1) is 0 Å². The lowest BCUT2D eigenvalue weighted by atomic mass is 9.76. The molecule has 1 saturated carbocycles. The fraction of sp³-hybridized carbons (Fsp3) is 0.348. The van der Waals surface area contributed by atoms with E-state index in [9.17, 15) is 18.8 Å². The number of hydrogen-bond donors (Lipinski definition) is 0. The van der Waals surface area contributed by atoms with Gasteiger partial charge in [-0.25, -0.2) is 9.29 Å². The van der Waals surface area contributed by atoms with Gasteiger partial charge < -0.3 is 4.74 Å². The van der Waals surface area contributed by atoms with Crippen molar-refractivity contribution in [2.45, 2.75) is 26.2 Å². The predicted octanol–water partition coefficient (Wildman–Crippen LogP) is 4.01. The van der Waals surface area contributed by atoms with Gasteiger partial charge in [-0.3, -0.25) is 14.4 Å². The Morgan fingerprint density at radius 2 is 1.72 bits per heavy atom. The van der Waals surface area contributed by atoms with Gasteiger partial charge in [0.05, 0.1) is 17.5 Å². The first-order valence-electron chi connectivity index (χ1n) is 9.84. The first-order valence-corrected chi connectivity index (χ1v) is 9.84. The highest BCUT2D eigenvalue weighted by atomic mass is 19.1. The number of carbonyl (C=O) groups is 3. The molecular weight excluding hydrogens is 373 g/mol. The van der Waals surface area contributed by atoms with Crippen molar-refractivity contribution in [1.29, 1.82) is 0 Å². The molecule has 150 valence electrons. The number of benzene rings is 2. The number of rotatable bonds is 5. The second-order valence-corrected chi connectivity index (χ2v) is 7.83. The average Bonchev–Trinajstić information content (AvgIpc) is 2.96. The second-order valence-electron chi connectivity index (χ2n) is 7.83. The van der Waals surface area contributed by atoms with E-state index in [0.29, 0.717) is 22.9 Å². The number of anilines is 1. The minimum absolute atomic E-state index is 0.187. The molecule has 2 amide bonds. The standard InChI is InChI=1S/C23H22FNO4/c1-14-6-11-17-18(12-14)23(28)25(22(17)27)19-4-2-3-5-21(19)29-13-20(26)15-7-9-16(24)10-8-15/h2-5,7-10,14,17-18H,6,11-13H2,1H3/t14-,17+,18+/m1/s1. The molecule has 2 aromatic carbocycles. The molecule has 1 aliphatic carbocycles. The van der Waals surface area contributed by atoms with Gasteiger partial charge in [0, 0.05) is 5.56 Å². The van der Waals surface area contributed by atoms with E-state index in [-0.39, 0.29) is 36.0 Å². The van der Waals surface area contributed by atoms with Crippen LogP contribution in [0, 0.1) is 23.6 Å². The Kier molecular flexibility index (Phi) is 5.18. The number of nitrogens with zero attached hydrogens (tertiary/aromatic N) is 1. The second kappa shape index (κ2) is 7.78. The average molecular weight is 395 g/mol. The summed E-state index contributed by atoms with van der Waals surface area (Å²) in [4.78, 5) is 39.5. The molecule has 0 aromatic heterocycles. The Morgan fingerprint density at radius 1 is 1.03 bits per heavy atom. The summed E-state index contributed by atoms with van der Waals surface area (Å²) in [5.74, 6) is -0.937. The van der Waals surface area contributed by atoms with Crippen LogP contribution in [-0.2, 0) is 9.59 Å². The van der Waals surface area contributed by atoms with E-state index in [0.717, 1.165) is 19.3 Å². The molecule has 3 atom stereocenters. The van der Waals surface area contributed by atoms with Crippen LogP contribution >= 0.6 is 0 Å². The number of ether oxygens (including phenoxy) is 1. The highest BCUT2D eigenvalue weighted by molar-refractivity contribution is 6.22. The Morgan fingerprint density at radius 3 is 2.48 bits per heavy atom. The third-order valence-corrected chi connectivity index (χ3v) is 5.82. The first-order chi connectivity index (χ1) is 14.0. The molecule has 0 radical (unpaired) electrons. The van der Waals surface area contributed by atoms with Crippen molar-refractivity contribution in [2.75, 3.05) is 11.5 Å². The van der Waals surface area contributed by atoms with Gasteiger partial charge in [0.25, 0.3) is 0 Å². The Bertz CT molecular complexity index is 956. The van der Waals surface area contributed by atoms with Crippen LogP contribution in [0.4, 0.5) is 10.1 Å². The lowest BCUT2D eigenvalue weighted by Crippen LogP contribution is -2.31. The number of ketones is 1. The van der Waals surface area contributed by atoms with Gasteiger partial charge in [-0.05, 0) is 61.6 Å². The predicted molar refractivity (Wildman–Crippen MR) is 105 cm³/mol. The summed E-state index contributed by atoms with van der Waals surface area (Å²) in [5, 5.41) is 0. The molecule has 4 rings (SSSR count). The van der Waals surface area contributed by atoms with Crippen molar-refractivity contribution in [3.05, 3.63) is 59.9 Å². The monoisotopic (exact) mass is 395 g/mol. The van der Waals surface area contributed by atoms with Crippen LogP contribution in [0.5, 0.6) is 5.75 Å². The SMILES string of the molecule is C[C@@H]1CC[C@@H]2C(=O)N(c3ccccc3OCC(=O)c3ccc(F)cc3)C(=O)[C@H]2C1. The van der Waals surface area contributed by atoms with E-state index in [2.05, 4.69) is 6.92 Å². The van der Waals surface area contributed by atoms with Crippen molar-refractivity contribution in [2.24, 2.45) is 17.8 Å². The minimum atomic E-state index is -0.422. The summed E-state index contributed by atoms with van der Waals surface area (Å²) in [6.07, 6.45) is 2.38. The summed E-state index contributed by atoms with van der Waals surface area (Å²) < 4.78 is 18.7. The van der Waals surface area contributed by atoms with E-state index in [1.54, 1.807) is 24.3 Å². The Labute approximate surface area is 168 Å². The van der Waals surface area contributed by atoms with Gasteiger partial charge in [0.2, 0.25) is 11.8 Å². The summed E-state index contributed by atoms with van der Waals surface area (Å²) in [7, 11) is 0. The maximum atomic E-state index is 13.0. The van der Waals surface area contributed by atoms with E-state index < -0.39 is 5.82 Å². The van der Waals surface area contributed by atoms with Crippen LogP contribution in [0.1, 0.15) is 36.5 Å². The van der Waals surface area contributed by atoms with Crippen LogP contribution < -0.4 is 9.64 Å². The highest BCUT2D eigenvalue weighted by Gasteiger charge is 2.50. The number of imide groups is 1. The van der Waals surface area contributed by atoms with E-state index in [4.69, 9.17) is 4.74 Å². The molecule has 1 saturated heterocycles. The third-order valence-electron chi connectivity index (χ3n) is 5.82. The van der Waals surface area contributed by atoms with Crippen molar-refractivity contribution < 1.29 is 23.5 Å².